The molecule has 10 nitrogen and oxygen atoms in total. The molecule has 0 unspecified atom stereocenters. The summed E-state index contributed by atoms with van der Waals surface area (Å²) in [4.78, 5) is 44.2. The highest BCUT2D eigenvalue weighted by molar-refractivity contribution is 5.98. The molecule has 4 N–H and O–H groups in total. The number of nitrogens with two attached hydrogens (primary N) is 2. The van der Waals surface area contributed by atoms with Crippen LogP contribution in [-0.4, -0.2) is 81.4 Å². The average molecular weight is 467 g/mol. The number of aryl methyl sites for hydroxylation is 2. The number of pyridine rings is 1. The third kappa shape index (κ3) is 4.82. The smallest absolute Gasteiger partial charge is 0.268 e. The summed E-state index contributed by atoms with van der Waals surface area (Å²) in [6.07, 6.45) is 4.36. The Balaban J connectivity index is 1.38. The van der Waals surface area contributed by atoms with Crippen LogP contribution < -0.4 is 16.4 Å². The quantitative estimate of drug-likeness (QED) is 0.675. The van der Waals surface area contributed by atoms with Crippen LogP contribution in [0.3, 0.4) is 0 Å². The zero-order valence-electron chi connectivity index (χ0n) is 20.2. The summed E-state index contributed by atoms with van der Waals surface area (Å²) in [7, 11) is 0. The van der Waals surface area contributed by atoms with Crippen molar-refractivity contribution in [3.05, 3.63) is 41.0 Å². The zero-order chi connectivity index (χ0) is 24.4. The van der Waals surface area contributed by atoms with Crippen LogP contribution in [0.25, 0.3) is 0 Å². The molecular weight excluding hydrogens is 432 g/mol. The lowest BCUT2D eigenvalue weighted by Crippen LogP contribution is -2.59. The van der Waals surface area contributed by atoms with Gasteiger partial charge in [0.15, 0.2) is 0 Å². The van der Waals surface area contributed by atoms with E-state index in [1.165, 1.54) is 6.20 Å². The van der Waals surface area contributed by atoms with E-state index >= 15 is 0 Å². The van der Waals surface area contributed by atoms with Crippen LogP contribution in [0.15, 0.2) is 18.3 Å². The summed E-state index contributed by atoms with van der Waals surface area (Å²) in [5.41, 5.74) is 13.5. The fraction of sp³-hybridized carbons (Fsp3) is 0.542. The Hall–Kier alpha value is -3.27. The Kier molecular flexibility index (Phi) is 6.97. The molecular formula is C24H34N8O2. The van der Waals surface area contributed by atoms with Crippen molar-refractivity contribution >= 4 is 23.5 Å². The standard InChI is InChI=1S/C24H34N8O2/c1-4-17-14-31(23-16(3)29-20(13-27-23)22(26)33)11-12-32(17)18-7-9-30(10-8-18)24(34)19-6-5-15(2)28-21(19)25/h5-6,13,17-18H,4,7-12,14H2,1-3H3,(H2,25,28)(H2,26,33)/t17-/m0/s1. The van der Waals surface area contributed by atoms with E-state index in [1.54, 1.807) is 6.07 Å². The number of anilines is 2. The predicted molar refractivity (Wildman–Crippen MR) is 131 cm³/mol. The maximum Gasteiger partial charge on any atom is 0.268 e. The highest BCUT2D eigenvalue weighted by atomic mass is 16.2. The van der Waals surface area contributed by atoms with Gasteiger partial charge in [0.2, 0.25) is 0 Å². The molecule has 0 aromatic carbocycles. The number of carbonyl (C=O) groups is 2. The van der Waals surface area contributed by atoms with Crippen LogP contribution in [0.4, 0.5) is 11.6 Å². The fourth-order valence-corrected chi connectivity index (χ4v) is 5.14. The molecule has 2 fully saturated rings. The topological polar surface area (TPSA) is 135 Å². The molecule has 2 aromatic rings. The highest BCUT2D eigenvalue weighted by Crippen LogP contribution is 2.27. The van der Waals surface area contributed by atoms with Crippen molar-refractivity contribution in [2.24, 2.45) is 5.73 Å². The number of carbonyl (C=O) groups excluding carboxylic acids is 2. The summed E-state index contributed by atoms with van der Waals surface area (Å²) in [6, 6.07) is 4.43. The van der Waals surface area contributed by atoms with Crippen molar-refractivity contribution in [2.75, 3.05) is 43.4 Å². The molecule has 10 heteroatoms. The number of nitrogens with zero attached hydrogens (tertiary/aromatic N) is 6. The van der Waals surface area contributed by atoms with Gasteiger partial charge in [-0.25, -0.2) is 15.0 Å². The predicted octanol–water partition coefficient (Wildman–Crippen LogP) is 1.37. The Labute approximate surface area is 200 Å². The number of aromatic nitrogens is 3. The number of hydrogen-bond donors (Lipinski definition) is 2. The highest BCUT2D eigenvalue weighted by Gasteiger charge is 2.35. The Bertz CT molecular complexity index is 1070. The van der Waals surface area contributed by atoms with Crippen molar-refractivity contribution in [3.8, 4) is 0 Å². The zero-order valence-corrected chi connectivity index (χ0v) is 20.2. The first-order valence-corrected chi connectivity index (χ1v) is 11.9. The van der Waals surface area contributed by atoms with Gasteiger partial charge in [0.05, 0.1) is 17.5 Å². The lowest BCUT2D eigenvalue weighted by atomic mass is 9.97. The summed E-state index contributed by atoms with van der Waals surface area (Å²) in [5.74, 6) is 0.516. The molecule has 0 aliphatic carbocycles. The second-order valence-corrected chi connectivity index (χ2v) is 9.18. The maximum atomic E-state index is 13.0. The molecule has 4 rings (SSSR count). The first-order chi connectivity index (χ1) is 16.3. The van der Waals surface area contributed by atoms with Gasteiger partial charge in [-0.05, 0) is 45.2 Å². The Morgan fingerprint density at radius 2 is 1.82 bits per heavy atom. The average Bonchev–Trinajstić information content (AvgIpc) is 2.83. The van der Waals surface area contributed by atoms with E-state index in [4.69, 9.17) is 11.5 Å². The van der Waals surface area contributed by atoms with Gasteiger partial charge in [-0.2, -0.15) is 0 Å². The molecule has 182 valence electrons. The van der Waals surface area contributed by atoms with Gasteiger partial charge in [-0.15, -0.1) is 0 Å². The molecule has 0 radical (unpaired) electrons. The molecule has 2 aliphatic heterocycles. The molecule has 2 aliphatic rings. The van der Waals surface area contributed by atoms with Crippen LogP contribution in [0.2, 0.25) is 0 Å². The molecule has 2 aromatic heterocycles. The van der Waals surface area contributed by atoms with E-state index in [-0.39, 0.29) is 11.6 Å². The number of likely N-dealkylation sites (tertiary alicyclic amines) is 1. The molecule has 34 heavy (non-hydrogen) atoms. The molecule has 1 atom stereocenters. The number of piperidine rings is 1. The van der Waals surface area contributed by atoms with E-state index in [9.17, 15) is 9.59 Å². The van der Waals surface area contributed by atoms with Gasteiger partial charge in [0.25, 0.3) is 11.8 Å². The van der Waals surface area contributed by atoms with Gasteiger partial charge >= 0.3 is 0 Å². The Morgan fingerprint density at radius 3 is 2.44 bits per heavy atom. The van der Waals surface area contributed by atoms with Gasteiger partial charge in [0, 0.05) is 50.5 Å². The van der Waals surface area contributed by atoms with Crippen molar-refractivity contribution in [3.63, 3.8) is 0 Å². The number of nitrogen functional groups attached to an aromatic ring is 1. The first-order valence-electron chi connectivity index (χ1n) is 11.9. The number of piperazine rings is 1. The van der Waals surface area contributed by atoms with Crippen molar-refractivity contribution in [1.82, 2.24) is 24.8 Å². The first kappa shape index (κ1) is 23.9. The van der Waals surface area contributed by atoms with Gasteiger partial charge in [-0.1, -0.05) is 6.92 Å². The van der Waals surface area contributed by atoms with Gasteiger partial charge in [-0.3, -0.25) is 14.5 Å². The minimum atomic E-state index is -0.565. The summed E-state index contributed by atoms with van der Waals surface area (Å²) in [6.45, 7) is 9.99. The lowest BCUT2D eigenvalue weighted by molar-refractivity contribution is 0.0491. The molecule has 4 heterocycles. The summed E-state index contributed by atoms with van der Waals surface area (Å²) < 4.78 is 0. The fourth-order valence-electron chi connectivity index (χ4n) is 5.14. The van der Waals surface area contributed by atoms with Crippen LogP contribution in [0, 0.1) is 13.8 Å². The van der Waals surface area contributed by atoms with Gasteiger partial charge in [0.1, 0.15) is 17.3 Å². The Morgan fingerprint density at radius 1 is 1.09 bits per heavy atom. The number of amides is 2. The number of rotatable bonds is 5. The number of primary amides is 1. The normalized spacial score (nSPS) is 19.9. The van der Waals surface area contributed by atoms with Crippen molar-refractivity contribution in [2.45, 2.75) is 52.1 Å². The minimum absolute atomic E-state index is 0.0335. The number of hydrogen-bond acceptors (Lipinski definition) is 8. The summed E-state index contributed by atoms with van der Waals surface area (Å²) >= 11 is 0. The van der Waals surface area contributed by atoms with E-state index < -0.39 is 5.91 Å². The van der Waals surface area contributed by atoms with Crippen molar-refractivity contribution < 1.29 is 9.59 Å². The van der Waals surface area contributed by atoms with E-state index in [0.717, 1.165) is 56.1 Å². The molecule has 0 spiro atoms. The lowest BCUT2D eigenvalue weighted by Gasteiger charge is -2.47. The van der Waals surface area contributed by atoms with Crippen molar-refractivity contribution in [1.29, 1.82) is 0 Å². The molecule has 2 amide bonds. The van der Waals surface area contributed by atoms with Crippen LogP contribution >= 0.6 is 0 Å². The summed E-state index contributed by atoms with van der Waals surface area (Å²) in [5, 5.41) is 0. The molecule has 0 saturated carbocycles. The van der Waals surface area contributed by atoms with E-state index in [0.29, 0.717) is 36.6 Å². The molecule has 2 saturated heterocycles. The monoisotopic (exact) mass is 466 g/mol. The van der Waals surface area contributed by atoms with Crippen LogP contribution in [-0.2, 0) is 0 Å². The molecule has 0 bridgehead atoms. The second-order valence-electron chi connectivity index (χ2n) is 9.18. The van der Waals surface area contributed by atoms with Crippen LogP contribution in [0.5, 0.6) is 0 Å². The van der Waals surface area contributed by atoms with Gasteiger partial charge < -0.3 is 21.3 Å². The van der Waals surface area contributed by atoms with E-state index in [2.05, 4.69) is 31.7 Å². The SMILES string of the molecule is CC[C@H]1CN(c2ncc(C(N)=O)nc2C)CCN1C1CCN(C(=O)c2ccc(C)nc2N)CC1. The van der Waals surface area contributed by atoms with E-state index in [1.807, 2.05) is 24.8 Å². The second kappa shape index (κ2) is 9.92. The maximum absolute atomic E-state index is 13.0. The largest absolute Gasteiger partial charge is 0.383 e. The third-order valence-corrected chi connectivity index (χ3v) is 6.99. The van der Waals surface area contributed by atoms with Crippen LogP contribution in [0.1, 0.15) is 58.4 Å². The minimum Gasteiger partial charge on any atom is -0.383 e. The third-order valence-electron chi connectivity index (χ3n) is 6.99.